The molecule has 2 amide bonds. The van der Waals surface area contributed by atoms with Gasteiger partial charge in [-0.3, -0.25) is 29.2 Å². The lowest BCUT2D eigenvalue weighted by molar-refractivity contribution is -0.384. The van der Waals surface area contributed by atoms with Crippen LogP contribution in [-0.2, 0) is 11.8 Å². The highest BCUT2D eigenvalue weighted by Gasteiger charge is 2.21. The largest absolute Gasteiger partial charge is 0.317 e. The fraction of sp³-hybridized carbons (Fsp3) is 0.107. The number of nitro benzene ring substituents is 1. The van der Waals surface area contributed by atoms with Crippen molar-refractivity contribution in [1.82, 2.24) is 14.7 Å². The molecule has 0 saturated carbocycles. The van der Waals surface area contributed by atoms with Crippen LogP contribution in [0.2, 0.25) is 0 Å². The van der Waals surface area contributed by atoms with Crippen molar-refractivity contribution in [3.63, 3.8) is 0 Å². The standard InChI is InChI=1S/C28H25N5O5/c1-18-12-14-21(15-13-18)26(34)29-24(17-20-8-7-11-23(16-20)33(37)38)27(35)30-25-19(2)31(3)32(28(25)36)22-9-5-4-6-10-22/h4-17H,1-3H3,(H,29,34)(H,30,35)/b24-17+. The Morgan fingerprint density at radius 3 is 2.29 bits per heavy atom. The van der Waals surface area contributed by atoms with Gasteiger partial charge in [0, 0.05) is 24.7 Å². The number of non-ortho nitro benzene ring substituents is 1. The quantitative estimate of drug-likeness (QED) is 0.219. The third-order valence-corrected chi connectivity index (χ3v) is 5.99. The van der Waals surface area contributed by atoms with Crippen molar-refractivity contribution in [2.24, 2.45) is 7.05 Å². The molecule has 192 valence electrons. The van der Waals surface area contributed by atoms with Gasteiger partial charge in [-0.1, -0.05) is 48.0 Å². The highest BCUT2D eigenvalue weighted by molar-refractivity contribution is 6.10. The molecule has 0 aliphatic carbocycles. The van der Waals surface area contributed by atoms with Crippen LogP contribution in [0.25, 0.3) is 11.8 Å². The maximum absolute atomic E-state index is 13.4. The monoisotopic (exact) mass is 511 g/mol. The molecule has 4 rings (SSSR count). The number of rotatable bonds is 7. The van der Waals surface area contributed by atoms with Gasteiger partial charge in [0.2, 0.25) is 0 Å². The molecule has 0 unspecified atom stereocenters. The number of aromatic nitrogens is 2. The third-order valence-electron chi connectivity index (χ3n) is 5.99. The predicted molar refractivity (Wildman–Crippen MR) is 144 cm³/mol. The SMILES string of the molecule is Cc1ccc(C(=O)N/C(=C/c2cccc([N+](=O)[O-])c2)C(=O)Nc2c(C)n(C)n(-c3ccccc3)c2=O)cc1. The van der Waals surface area contributed by atoms with E-state index in [2.05, 4.69) is 10.6 Å². The number of carbonyl (C=O) groups is 2. The number of anilines is 1. The van der Waals surface area contributed by atoms with Crippen LogP contribution in [-0.4, -0.2) is 26.1 Å². The lowest BCUT2D eigenvalue weighted by Gasteiger charge is -2.11. The topological polar surface area (TPSA) is 128 Å². The number of nitrogens with zero attached hydrogens (tertiary/aromatic N) is 3. The van der Waals surface area contributed by atoms with E-state index in [1.165, 1.54) is 29.0 Å². The predicted octanol–water partition coefficient (Wildman–Crippen LogP) is 4.11. The second-order valence-corrected chi connectivity index (χ2v) is 8.62. The van der Waals surface area contributed by atoms with Gasteiger partial charge in [0.15, 0.2) is 0 Å². The molecular formula is C28H25N5O5. The summed E-state index contributed by atoms with van der Waals surface area (Å²) in [6.07, 6.45) is 1.32. The number of aryl methyl sites for hydroxylation is 1. The molecule has 38 heavy (non-hydrogen) atoms. The van der Waals surface area contributed by atoms with Gasteiger partial charge in [-0.2, -0.15) is 0 Å². The molecule has 2 N–H and O–H groups in total. The summed E-state index contributed by atoms with van der Waals surface area (Å²) in [5, 5.41) is 16.4. The molecule has 10 nitrogen and oxygen atoms in total. The zero-order chi connectivity index (χ0) is 27.4. The fourth-order valence-electron chi connectivity index (χ4n) is 3.85. The first-order valence-electron chi connectivity index (χ1n) is 11.6. The van der Waals surface area contributed by atoms with Crippen LogP contribution in [0.15, 0.2) is 89.4 Å². The summed E-state index contributed by atoms with van der Waals surface area (Å²) >= 11 is 0. The second kappa shape index (κ2) is 10.8. The Morgan fingerprint density at radius 2 is 1.63 bits per heavy atom. The Hall–Kier alpha value is -5.25. The minimum absolute atomic E-state index is 0.0379. The molecule has 0 aliphatic heterocycles. The molecule has 0 aliphatic rings. The summed E-state index contributed by atoms with van der Waals surface area (Å²) < 4.78 is 3.03. The minimum Gasteiger partial charge on any atom is -0.317 e. The molecule has 1 aromatic heterocycles. The Morgan fingerprint density at radius 1 is 0.947 bits per heavy atom. The van der Waals surface area contributed by atoms with Crippen molar-refractivity contribution in [3.8, 4) is 5.69 Å². The number of hydrogen-bond donors (Lipinski definition) is 2. The van der Waals surface area contributed by atoms with Crippen molar-refractivity contribution in [2.45, 2.75) is 13.8 Å². The van der Waals surface area contributed by atoms with Crippen molar-refractivity contribution < 1.29 is 14.5 Å². The molecule has 0 spiro atoms. The summed E-state index contributed by atoms with van der Waals surface area (Å²) in [5.74, 6) is -1.31. The molecule has 0 bridgehead atoms. The van der Waals surface area contributed by atoms with E-state index < -0.39 is 22.3 Å². The van der Waals surface area contributed by atoms with E-state index >= 15 is 0 Å². The number of nitrogens with one attached hydrogen (secondary N) is 2. The zero-order valence-corrected chi connectivity index (χ0v) is 21.0. The van der Waals surface area contributed by atoms with Gasteiger partial charge < -0.3 is 10.6 Å². The van der Waals surface area contributed by atoms with E-state index in [1.54, 1.807) is 73.3 Å². The van der Waals surface area contributed by atoms with Crippen LogP contribution >= 0.6 is 0 Å². The van der Waals surface area contributed by atoms with E-state index in [9.17, 15) is 24.5 Å². The first-order valence-corrected chi connectivity index (χ1v) is 11.6. The van der Waals surface area contributed by atoms with Crippen LogP contribution in [0, 0.1) is 24.0 Å². The summed E-state index contributed by atoms with van der Waals surface area (Å²) in [6.45, 7) is 3.57. The smallest absolute Gasteiger partial charge is 0.295 e. The molecule has 10 heteroatoms. The number of amides is 2. The molecule has 4 aromatic rings. The summed E-state index contributed by atoms with van der Waals surface area (Å²) in [4.78, 5) is 50.3. The van der Waals surface area contributed by atoms with Crippen molar-refractivity contribution in [1.29, 1.82) is 0 Å². The van der Waals surface area contributed by atoms with Crippen LogP contribution in [0.5, 0.6) is 0 Å². The molecule has 0 atom stereocenters. The van der Waals surface area contributed by atoms with Gasteiger partial charge >= 0.3 is 0 Å². The molecule has 0 radical (unpaired) electrons. The van der Waals surface area contributed by atoms with Gasteiger partial charge in [-0.05, 0) is 49.8 Å². The lowest BCUT2D eigenvalue weighted by Crippen LogP contribution is -2.32. The lowest BCUT2D eigenvalue weighted by atomic mass is 10.1. The molecule has 1 heterocycles. The summed E-state index contributed by atoms with van der Waals surface area (Å²) in [7, 11) is 1.69. The van der Waals surface area contributed by atoms with Crippen LogP contribution in [0.3, 0.4) is 0 Å². The van der Waals surface area contributed by atoms with Crippen LogP contribution < -0.4 is 16.2 Å². The van der Waals surface area contributed by atoms with Crippen molar-refractivity contribution in [2.75, 3.05) is 5.32 Å². The van der Waals surface area contributed by atoms with E-state index in [0.29, 0.717) is 22.5 Å². The average Bonchev–Trinajstić information content (AvgIpc) is 3.12. The number of carbonyl (C=O) groups excluding carboxylic acids is 2. The molecule has 0 saturated heterocycles. The Bertz CT molecular complexity index is 1620. The van der Waals surface area contributed by atoms with E-state index in [0.717, 1.165) is 5.56 Å². The van der Waals surface area contributed by atoms with Crippen molar-refractivity contribution in [3.05, 3.63) is 127 Å². The van der Waals surface area contributed by atoms with Crippen molar-refractivity contribution >= 4 is 29.3 Å². The Balaban J connectivity index is 1.72. The highest BCUT2D eigenvalue weighted by atomic mass is 16.6. The van der Waals surface area contributed by atoms with Gasteiger partial charge in [0.05, 0.1) is 16.3 Å². The summed E-state index contributed by atoms with van der Waals surface area (Å²) in [5.41, 5.74) is 1.92. The van der Waals surface area contributed by atoms with E-state index in [-0.39, 0.29) is 17.1 Å². The van der Waals surface area contributed by atoms with Crippen LogP contribution in [0.1, 0.15) is 27.2 Å². The average molecular weight is 512 g/mol. The number of para-hydroxylation sites is 1. The Kier molecular flexibility index (Phi) is 7.33. The first kappa shape index (κ1) is 25.8. The minimum atomic E-state index is -0.761. The second-order valence-electron chi connectivity index (χ2n) is 8.62. The van der Waals surface area contributed by atoms with E-state index in [4.69, 9.17) is 0 Å². The number of hydrogen-bond acceptors (Lipinski definition) is 5. The third kappa shape index (κ3) is 5.44. The maximum Gasteiger partial charge on any atom is 0.295 e. The van der Waals surface area contributed by atoms with E-state index in [1.807, 2.05) is 13.0 Å². The van der Waals surface area contributed by atoms with Gasteiger partial charge in [0.1, 0.15) is 11.4 Å². The fourth-order valence-corrected chi connectivity index (χ4v) is 3.85. The van der Waals surface area contributed by atoms with Gasteiger partial charge in [-0.25, -0.2) is 4.68 Å². The van der Waals surface area contributed by atoms with Gasteiger partial charge in [-0.15, -0.1) is 0 Å². The van der Waals surface area contributed by atoms with Crippen LogP contribution in [0.4, 0.5) is 11.4 Å². The summed E-state index contributed by atoms with van der Waals surface area (Å²) in [6, 6.07) is 21.3. The first-order chi connectivity index (χ1) is 18.2. The highest BCUT2D eigenvalue weighted by Crippen LogP contribution is 2.18. The Labute approximate surface area is 218 Å². The number of nitro groups is 1. The molecular weight excluding hydrogens is 486 g/mol. The molecule has 0 fully saturated rings. The number of benzene rings is 3. The normalized spacial score (nSPS) is 11.2. The maximum atomic E-state index is 13.4. The molecule has 3 aromatic carbocycles. The zero-order valence-electron chi connectivity index (χ0n) is 21.0. The van der Waals surface area contributed by atoms with Gasteiger partial charge in [0.25, 0.3) is 23.1 Å².